The normalized spacial score (nSPS) is 27.7. The molecule has 1 aliphatic rings. The van der Waals surface area contributed by atoms with Gasteiger partial charge in [-0.2, -0.15) is 0 Å². The minimum absolute atomic E-state index is 0.0631. The summed E-state index contributed by atoms with van der Waals surface area (Å²) in [7, 11) is 1.47. The molecular weight excluding hydrogens is 188 g/mol. The van der Waals surface area contributed by atoms with Crippen LogP contribution in [0.15, 0.2) is 0 Å². The fraction of sp³-hybridized carbons (Fsp3) is 0.923. The van der Waals surface area contributed by atoms with Crippen LogP contribution in [0.1, 0.15) is 52.4 Å². The lowest BCUT2D eigenvalue weighted by Crippen LogP contribution is -2.11. The van der Waals surface area contributed by atoms with E-state index in [1.807, 2.05) is 0 Å². The molecule has 1 rings (SSSR count). The molecule has 3 atom stereocenters. The van der Waals surface area contributed by atoms with Crippen molar-refractivity contribution in [1.82, 2.24) is 0 Å². The summed E-state index contributed by atoms with van der Waals surface area (Å²) < 4.78 is 4.67. The Kier molecular flexibility index (Phi) is 5.13. The predicted octanol–water partition coefficient (Wildman–Crippen LogP) is 3.40. The van der Waals surface area contributed by atoms with Gasteiger partial charge in [-0.1, -0.05) is 26.7 Å². The van der Waals surface area contributed by atoms with Crippen LogP contribution in [0.3, 0.4) is 0 Å². The first kappa shape index (κ1) is 12.5. The predicted molar refractivity (Wildman–Crippen MR) is 61.5 cm³/mol. The van der Waals surface area contributed by atoms with Crippen molar-refractivity contribution in [2.45, 2.75) is 52.4 Å². The van der Waals surface area contributed by atoms with Crippen molar-refractivity contribution in [3.63, 3.8) is 0 Å². The minimum atomic E-state index is -0.0631. The van der Waals surface area contributed by atoms with Crippen LogP contribution < -0.4 is 0 Å². The van der Waals surface area contributed by atoms with E-state index in [0.29, 0.717) is 12.3 Å². The van der Waals surface area contributed by atoms with Gasteiger partial charge in [0.05, 0.1) is 7.11 Å². The van der Waals surface area contributed by atoms with E-state index in [0.717, 1.165) is 18.3 Å². The van der Waals surface area contributed by atoms with E-state index in [2.05, 4.69) is 18.6 Å². The average Bonchev–Trinajstić information content (AvgIpc) is 2.73. The second-order valence-corrected chi connectivity index (χ2v) is 4.94. The van der Waals surface area contributed by atoms with Crippen LogP contribution in [-0.4, -0.2) is 13.1 Å². The Bertz CT molecular complexity index is 201. The van der Waals surface area contributed by atoms with Gasteiger partial charge in [0.2, 0.25) is 0 Å². The molecule has 0 unspecified atom stereocenters. The molecule has 88 valence electrons. The summed E-state index contributed by atoms with van der Waals surface area (Å²) in [6.45, 7) is 4.57. The Morgan fingerprint density at radius 3 is 2.73 bits per heavy atom. The van der Waals surface area contributed by atoms with Gasteiger partial charge < -0.3 is 4.74 Å². The number of rotatable bonds is 5. The number of methoxy groups -OCH3 is 1. The second-order valence-electron chi connectivity index (χ2n) is 4.94. The molecule has 0 saturated heterocycles. The zero-order valence-electron chi connectivity index (χ0n) is 10.3. The Morgan fingerprint density at radius 2 is 2.20 bits per heavy atom. The number of esters is 1. The lowest BCUT2D eigenvalue weighted by molar-refractivity contribution is -0.141. The molecule has 0 aromatic rings. The molecule has 0 N–H and O–H groups in total. The van der Waals surface area contributed by atoms with Gasteiger partial charge in [0.1, 0.15) is 0 Å². The van der Waals surface area contributed by atoms with Crippen LogP contribution in [-0.2, 0) is 9.53 Å². The number of carbonyl (C=O) groups is 1. The molecule has 0 amide bonds. The first-order valence-corrected chi connectivity index (χ1v) is 6.24. The van der Waals surface area contributed by atoms with Crippen LogP contribution in [0.5, 0.6) is 0 Å². The first-order chi connectivity index (χ1) is 7.17. The third-order valence-corrected chi connectivity index (χ3v) is 4.00. The summed E-state index contributed by atoms with van der Waals surface area (Å²) in [5.74, 6) is 2.41. The van der Waals surface area contributed by atoms with Crippen molar-refractivity contribution >= 4 is 5.97 Å². The Hall–Kier alpha value is -0.530. The third kappa shape index (κ3) is 3.84. The summed E-state index contributed by atoms with van der Waals surface area (Å²) in [4.78, 5) is 11.0. The number of ether oxygens (including phenoxy) is 1. The van der Waals surface area contributed by atoms with Gasteiger partial charge in [-0.25, -0.2) is 0 Å². The quantitative estimate of drug-likeness (QED) is 0.653. The van der Waals surface area contributed by atoms with Crippen LogP contribution in [0.25, 0.3) is 0 Å². The topological polar surface area (TPSA) is 26.3 Å². The van der Waals surface area contributed by atoms with Gasteiger partial charge in [-0.05, 0) is 37.0 Å². The standard InChI is InChI=1S/C13H24O2/c1-4-11-6-7-12(9-11)10(2)5-8-13(14)15-3/h10-12H,4-9H2,1-3H3/t10-,11-,12+/m1/s1. The maximum absolute atomic E-state index is 11.0. The molecule has 2 heteroatoms. The summed E-state index contributed by atoms with van der Waals surface area (Å²) >= 11 is 0. The van der Waals surface area contributed by atoms with E-state index >= 15 is 0 Å². The molecular formula is C13H24O2. The van der Waals surface area contributed by atoms with Gasteiger partial charge >= 0.3 is 5.97 Å². The summed E-state index contributed by atoms with van der Waals surface area (Å²) in [5, 5.41) is 0. The molecule has 0 aliphatic heterocycles. The van der Waals surface area contributed by atoms with Crippen LogP contribution in [0.2, 0.25) is 0 Å². The van der Waals surface area contributed by atoms with Gasteiger partial charge in [-0.3, -0.25) is 4.79 Å². The lowest BCUT2D eigenvalue weighted by Gasteiger charge is -2.18. The number of carbonyl (C=O) groups excluding carboxylic acids is 1. The van der Waals surface area contributed by atoms with Crippen molar-refractivity contribution in [2.24, 2.45) is 17.8 Å². The summed E-state index contributed by atoms with van der Waals surface area (Å²) in [6.07, 6.45) is 7.03. The van der Waals surface area contributed by atoms with E-state index in [1.165, 1.54) is 32.8 Å². The molecule has 0 radical (unpaired) electrons. The van der Waals surface area contributed by atoms with Gasteiger partial charge in [-0.15, -0.1) is 0 Å². The Balaban J connectivity index is 2.23. The molecule has 0 aromatic heterocycles. The van der Waals surface area contributed by atoms with Crippen molar-refractivity contribution in [3.05, 3.63) is 0 Å². The number of hydrogen-bond donors (Lipinski definition) is 0. The van der Waals surface area contributed by atoms with E-state index < -0.39 is 0 Å². The molecule has 0 heterocycles. The van der Waals surface area contributed by atoms with Crippen molar-refractivity contribution in [3.8, 4) is 0 Å². The molecule has 0 spiro atoms. The number of hydrogen-bond acceptors (Lipinski definition) is 2. The second kappa shape index (κ2) is 6.14. The monoisotopic (exact) mass is 212 g/mol. The van der Waals surface area contributed by atoms with E-state index in [4.69, 9.17) is 0 Å². The third-order valence-electron chi connectivity index (χ3n) is 4.00. The minimum Gasteiger partial charge on any atom is -0.469 e. The maximum atomic E-state index is 11.0. The molecule has 0 aromatic carbocycles. The molecule has 2 nitrogen and oxygen atoms in total. The van der Waals surface area contributed by atoms with Crippen LogP contribution in [0.4, 0.5) is 0 Å². The molecule has 1 fully saturated rings. The van der Waals surface area contributed by atoms with Gasteiger partial charge in [0.25, 0.3) is 0 Å². The average molecular weight is 212 g/mol. The van der Waals surface area contributed by atoms with Crippen LogP contribution >= 0.6 is 0 Å². The fourth-order valence-electron chi connectivity index (χ4n) is 2.68. The highest BCUT2D eigenvalue weighted by Gasteiger charge is 2.27. The largest absolute Gasteiger partial charge is 0.469 e. The van der Waals surface area contributed by atoms with Gasteiger partial charge in [0.15, 0.2) is 0 Å². The van der Waals surface area contributed by atoms with Crippen molar-refractivity contribution in [2.75, 3.05) is 7.11 Å². The highest BCUT2D eigenvalue weighted by atomic mass is 16.5. The van der Waals surface area contributed by atoms with E-state index in [-0.39, 0.29) is 5.97 Å². The zero-order valence-corrected chi connectivity index (χ0v) is 10.3. The Labute approximate surface area is 93.4 Å². The SMILES string of the molecule is CC[C@@H]1CC[C@H]([C@H](C)CCC(=O)OC)C1. The fourth-order valence-corrected chi connectivity index (χ4v) is 2.68. The van der Waals surface area contributed by atoms with E-state index in [1.54, 1.807) is 0 Å². The molecule has 0 bridgehead atoms. The van der Waals surface area contributed by atoms with Gasteiger partial charge in [0, 0.05) is 6.42 Å². The smallest absolute Gasteiger partial charge is 0.305 e. The van der Waals surface area contributed by atoms with Crippen molar-refractivity contribution in [1.29, 1.82) is 0 Å². The van der Waals surface area contributed by atoms with E-state index in [9.17, 15) is 4.79 Å². The summed E-state index contributed by atoms with van der Waals surface area (Å²) in [5.41, 5.74) is 0. The Morgan fingerprint density at radius 1 is 1.47 bits per heavy atom. The molecule has 15 heavy (non-hydrogen) atoms. The molecule has 1 saturated carbocycles. The van der Waals surface area contributed by atoms with Crippen molar-refractivity contribution < 1.29 is 9.53 Å². The first-order valence-electron chi connectivity index (χ1n) is 6.24. The highest BCUT2D eigenvalue weighted by Crippen LogP contribution is 2.38. The lowest BCUT2D eigenvalue weighted by atomic mass is 9.88. The molecule has 1 aliphatic carbocycles. The zero-order chi connectivity index (χ0) is 11.3. The van der Waals surface area contributed by atoms with Crippen LogP contribution in [0, 0.1) is 17.8 Å². The maximum Gasteiger partial charge on any atom is 0.305 e. The summed E-state index contributed by atoms with van der Waals surface area (Å²) in [6, 6.07) is 0. The highest BCUT2D eigenvalue weighted by molar-refractivity contribution is 5.69.